The molecule has 1 atom stereocenters. The minimum atomic E-state index is 0.182. The van der Waals surface area contributed by atoms with E-state index in [0.717, 1.165) is 45.3 Å². The van der Waals surface area contributed by atoms with Gasteiger partial charge in [-0.25, -0.2) is 0 Å². The third kappa shape index (κ3) is 4.07. The molecule has 0 saturated carbocycles. The molecule has 0 bridgehead atoms. The van der Waals surface area contributed by atoms with Gasteiger partial charge in [-0.3, -0.25) is 4.79 Å². The zero-order valence-electron chi connectivity index (χ0n) is 8.72. The molecule has 0 aromatic carbocycles. The summed E-state index contributed by atoms with van der Waals surface area (Å²) >= 11 is 0. The first-order valence-corrected chi connectivity index (χ1v) is 5.53. The van der Waals surface area contributed by atoms with Gasteiger partial charge in [-0.2, -0.15) is 0 Å². The van der Waals surface area contributed by atoms with Gasteiger partial charge in [0.05, 0.1) is 5.92 Å². The summed E-state index contributed by atoms with van der Waals surface area (Å²) in [6.07, 6.45) is 4.11. The second-order valence-corrected chi connectivity index (χ2v) is 3.83. The molecule has 1 saturated heterocycles. The van der Waals surface area contributed by atoms with E-state index in [1.54, 1.807) is 0 Å². The van der Waals surface area contributed by atoms with Gasteiger partial charge < -0.3 is 16.4 Å². The first-order valence-electron chi connectivity index (χ1n) is 5.53. The third-order valence-electron chi connectivity index (χ3n) is 2.60. The van der Waals surface area contributed by atoms with Crippen LogP contribution in [-0.2, 0) is 4.79 Å². The van der Waals surface area contributed by atoms with Crippen LogP contribution in [-0.4, -0.2) is 32.1 Å². The lowest BCUT2D eigenvalue weighted by molar-refractivity contribution is -0.125. The Morgan fingerprint density at radius 1 is 1.50 bits per heavy atom. The van der Waals surface area contributed by atoms with Crippen LogP contribution in [0.25, 0.3) is 0 Å². The molecule has 1 unspecified atom stereocenters. The predicted molar refractivity (Wildman–Crippen MR) is 56.9 cm³/mol. The number of nitrogens with one attached hydrogen (secondary N) is 2. The highest BCUT2D eigenvalue weighted by Gasteiger charge is 2.19. The smallest absolute Gasteiger partial charge is 0.224 e. The molecule has 1 fully saturated rings. The Morgan fingerprint density at radius 2 is 2.36 bits per heavy atom. The monoisotopic (exact) mass is 199 g/mol. The maximum absolute atomic E-state index is 11.6. The summed E-state index contributed by atoms with van der Waals surface area (Å²) in [5.41, 5.74) is 5.37. The fraction of sp³-hybridized carbons (Fsp3) is 0.900. The molecule has 1 aliphatic heterocycles. The third-order valence-corrected chi connectivity index (χ3v) is 2.60. The summed E-state index contributed by atoms with van der Waals surface area (Å²) in [5, 5.41) is 6.19. The van der Waals surface area contributed by atoms with E-state index in [-0.39, 0.29) is 11.8 Å². The van der Waals surface area contributed by atoms with Crippen molar-refractivity contribution in [1.29, 1.82) is 0 Å². The van der Waals surface area contributed by atoms with Gasteiger partial charge in [-0.15, -0.1) is 0 Å². The van der Waals surface area contributed by atoms with Crippen LogP contribution in [0.2, 0.25) is 0 Å². The Bertz CT molecular complexity index is 167. The van der Waals surface area contributed by atoms with E-state index in [0.29, 0.717) is 6.54 Å². The lowest BCUT2D eigenvalue weighted by Crippen LogP contribution is -2.40. The molecule has 0 aromatic heterocycles. The van der Waals surface area contributed by atoms with Crippen LogP contribution in [0.1, 0.15) is 25.7 Å². The maximum atomic E-state index is 11.6. The molecule has 0 aromatic rings. The van der Waals surface area contributed by atoms with Crippen molar-refractivity contribution in [2.24, 2.45) is 11.7 Å². The molecule has 0 spiro atoms. The van der Waals surface area contributed by atoms with E-state index < -0.39 is 0 Å². The molecule has 0 aliphatic carbocycles. The van der Waals surface area contributed by atoms with Crippen molar-refractivity contribution in [1.82, 2.24) is 10.6 Å². The van der Waals surface area contributed by atoms with E-state index >= 15 is 0 Å². The molecule has 4 N–H and O–H groups in total. The van der Waals surface area contributed by atoms with Crippen LogP contribution in [0.3, 0.4) is 0 Å². The average Bonchev–Trinajstić information content (AvgIpc) is 2.25. The number of carbonyl (C=O) groups excluding carboxylic acids is 1. The van der Waals surface area contributed by atoms with Crippen molar-refractivity contribution >= 4 is 5.91 Å². The molecule has 1 amide bonds. The van der Waals surface area contributed by atoms with E-state index in [2.05, 4.69) is 10.6 Å². The molecular weight excluding hydrogens is 178 g/mol. The van der Waals surface area contributed by atoms with Crippen molar-refractivity contribution in [3.05, 3.63) is 0 Å². The van der Waals surface area contributed by atoms with Crippen molar-refractivity contribution in [3.8, 4) is 0 Å². The van der Waals surface area contributed by atoms with Crippen LogP contribution in [0.15, 0.2) is 0 Å². The number of nitrogens with two attached hydrogens (primary N) is 1. The van der Waals surface area contributed by atoms with Crippen molar-refractivity contribution in [2.75, 3.05) is 26.2 Å². The maximum Gasteiger partial charge on any atom is 0.224 e. The molecule has 82 valence electrons. The quantitative estimate of drug-likeness (QED) is 0.539. The largest absolute Gasteiger partial charge is 0.356 e. The topological polar surface area (TPSA) is 67.1 Å². The summed E-state index contributed by atoms with van der Waals surface area (Å²) in [7, 11) is 0. The van der Waals surface area contributed by atoms with Crippen molar-refractivity contribution in [3.63, 3.8) is 0 Å². The number of hydrogen-bond acceptors (Lipinski definition) is 3. The molecule has 4 nitrogen and oxygen atoms in total. The van der Waals surface area contributed by atoms with Gasteiger partial charge in [0.1, 0.15) is 0 Å². The fourth-order valence-electron chi connectivity index (χ4n) is 1.70. The second kappa shape index (κ2) is 6.79. The summed E-state index contributed by atoms with van der Waals surface area (Å²) in [4.78, 5) is 11.6. The Kier molecular flexibility index (Phi) is 5.56. The Balaban J connectivity index is 2.07. The van der Waals surface area contributed by atoms with Crippen LogP contribution in [0, 0.1) is 5.92 Å². The van der Waals surface area contributed by atoms with Gasteiger partial charge in [0, 0.05) is 13.1 Å². The molecule has 1 rings (SSSR count). The van der Waals surface area contributed by atoms with E-state index in [4.69, 9.17) is 5.73 Å². The summed E-state index contributed by atoms with van der Waals surface area (Å²) in [5.74, 6) is 0.385. The molecule has 14 heavy (non-hydrogen) atoms. The van der Waals surface area contributed by atoms with Gasteiger partial charge in [-0.1, -0.05) is 0 Å². The van der Waals surface area contributed by atoms with Crippen LogP contribution in [0.4, 0.5) is 0 Å². The normalized spacial score (nSPS) is 21.9. The van der Waals surface area contributed by atoms with Crippen molar-refractivity contribution < 1.29 is 4.79 Å². The minimum absolute atomic E-state index is 0.182. The van der Waals surface area contributed by atoms with Gasteiger partial charge in [0.15, 0.2) is 0 Å². The van der Waals surface area contributed by atoms with Crippen LogP contribution in [0.5, 0.6) is 0 Å². The van der Waals surface area contributed by atoms with Gasteiger partial charge in [0.25, 0.3) is 0 Å². The average molecular weight is 199 g/mol. The number of rotatable bonds is 5. The fourth-order valence-corrected chi connectivity index (χ4v) is 1.70. The Morgan fingerprint density at radius 3 is 3.00 bits per heavy atom. The lowest BCUT2D eigenvalue weighted by Gasteiger charge is -2.21. The predicted octanol–water partition coefficient (Wildman–Crippen LogP) is -0.159. The highest BCUT2D eigenvalue weighted by Crippen LogP contribution is 2.09. The molecule has 0 radical (unpaired) electrons. The SMILES string of the molecule is NCCCCNC(=O)C1CCCNC1. The molecule has 4 heteroatoms. The van der Waals surface area contributed by atoms with Gasteiger partial charge >= 0.3 is 0 Å². The Hall–Kier alpha value is -0.610. The lowest BCUT2D eigenvalue weighted by atomic mass is 9.99. The van der Waals surface area contributed by atoms with E-state index in [1.807, 2.05) is 0 Å². The van der Waals surface area contributed by atoms with Crippen LogP contribution >= 0.6 is 0 Å². The van der Waals surface area contributed by atoms with Gasteiger partial charge in [0.2, 0.25) is 5.91 Å². The standard InChI is InChI=1S/C10H21N3O/c11-5-1-2-7-13-10(14)9-4-3-6-12-8-9/h9,12H,1-8,11H2,(H,13,14). The first-order chi connectivity index (χ1) is 6.84. The van der Waals surface area contributed by atoms with Crippen LogP contribution < -0.4 is 16.4 Å². The van der Waals surface area contributed by atoms with E-state index in [1.165, 1.54) is 0 Å². The number of unbranched alkanes of at least 4 members (excludes halogenated alkanes) is 1. The zero-order chi connectivity index (χ0) is 10.2. The second-order valence-electron chi connectivity index (χ2n) is 3.83. The molecule has 1 heterocycles. The minimum Gasteiger partial charge on any atom is -0.356 e. The summed E-state index contributed by atoms with van der Waals surface area (Å²) in [6.45, 7) is 3.37. The molecular formula is C10H21N3O. The number of piperidine rings is 1. The Labute approximate surface area is 85.6 Å². The summed E-state index contributed by atoms with van der Waals surface area (Å²) in [6, 6.07) is 0. The zero-order valence-corrected chi connectivity index (χ0v) is 8.72. The molecule has 1 aliphatic rings. The number of amides is 1. The number of carbonyl (C=O) groups is 1. The summed E-state index contributed by atoms with van der Waals surface area (Å²) < 4.78 is 0. The van der Waals surface area contributed by atoms with Gasteiger partial charge in [-0.05, 0) is 38.8 Å². The van der Waals surface area contributed by atoms with E-state index in [9.17, 15) is 4.79 Å². The first kappa shape index (κ1) is 11.5. The highest BCUT2D eigenvalue weighted by molar-refractivity contribution is 5.78. The number of hydrogen-bond donors (Lipinski definition) is 3. The van der Waals surface area contributed by atoms with Crippen molar-refractivity contribution in [2.45, 2.75) is 25.7 Å². The highest BCUT2D eigenvalue weighted by atomic mass is 16.1.